The van der Waals surface area contributed by atoms with Crippen LogP contribution >= 0.6 is 0 Å². The maximum atomic E-state index is 13.0. The molecule has 1 aromatic heterocycles. The fourth-order valence-corrected chi connectivity index (χ4v) is 3.40. The quantitative estimate of drug-likeness (QED) is 0.704. The fourth-order valence-electron chi connectivity index (χ4n) is 3.40. The largest absolute Gasteiger partial charge is 0.464 e. The van der Waals surface area contributed by atoms with E-state index in [2.05, 4.69) is 10.3 Å². The van der Waals surface area contributed by atoms with Crippen molar-refractivity contribution in [2.24, 2.45) is 5.92 Å². The SMILES string of the molecule is CCOC(=O)[C@@H]1CCCN1C(=O)c1ccc([C@@H](NC(=O)OC(C)(C)C)C(C)C)[nH]1. The van der Waals surface area contributed by atoms with Gasteiger partial charge in [0.25, 0.3) is 5.91 Å². The molecule has 162 valence electrons. The van der Waals surface area contributed by atoms with Gasteiger partial charge >= 0.3 is 12.1 Å². The van der Waals surface area contributed by atoms with Crippen LogP contribution in [0, 0.1) is 5.92 Å². The minimum Gasteiger partial charge on any atom is -0.464 e. The zero-order valence-corrected chi connectivity index (χ0v) is 18.2. The summed E-state index contributed by atoms with van der Waals surface area (Å²) in [4.78, 5) is 42.0. The number of carbonyl (C=O) groups is 3. The molecule has 0 radical (unpaired) electrons. The molecule has 0 aliphatic carbocycles. The van der Waals surface area contributed by atoms with E-state index in [1.54, 1.807) is 44.7 Å². The molecule has 0 saturated carbocycles. The van der Waals surface area contributed by atoms with E-state index in [-0.39, 0.29) is 30.4 Å². The third-order valence-corrected chi connectivity index (χ3v) is 4.69. The van der Waals surface area contributed by atoms with E-state index in [4.69, 9.17) is 9.47 Å². The van der Waals surface area contributed by atoms with Gasteiger partial charge in [0.2, 0.25) is 0 Å². The van der Waals surface area contributed by atoms with Crippen LogP contribution in [0.1, 0.15) is 76.6 Å². The van der Waals surface area contributed by atoms with E-state index >= 15 is 0 Å². The first-order valence-electron chi connectivity index (χ1n) is 10.2. The van der Waals surface area contributed by atoms with E-state index in [9.17, 15) is 14.4 Å². The van der Waals surface area contributed by atoms with Crippen LogP contribution < -0.4 is 5.32 Å². The summed E-state index contributed by atoms with van der Waals surface area (Å²) in [5.41, 5.74) is 0.495. The number of alkyl carbamates (subject to hydrolysis) is 1. The molecule has 29 heavy (non-hydrogen) atoms. The molecule has 0 unspecified atom stereocenters. The maximum absolute atomic E-state index is 13.0. The topological polar surface area (TPSA) is 101 Å². The number of likely N-dealkylation sites (tertiary alicyclic amines) is 1. The average molecular weight is 408 g/mol. The lowest BCUT2D eigenvalue weighted by Crippen LogP contribution is -2.41. The number of nitrogens with one attached hydrogen (secondary N) is 2. The number of carbonyl (C=O) groups excluding carboxylic acids is 3. The van der Waals surface area contributed by atoms with Gasteiger partial charge in [0, 0.05) is 12.2 Å². The number of aromatic amines is 1. The summed E-state index contributed by atoms with van der Waals surface area (Å²) in [7, 11) is 0. The van der Waals surface area contributed by atoms with Crippen molar-refractivity contribution in [2.75, 3.05) is 13.2 Å². The Labute approximate surface area is 172 Å². The van der Waals surface area contributed by atoms with Gasteiger partial charge < -0.3 is 24.7 Å². The van der Waals surface area contributed by atoms with E-state index in [0.717, 1.165) is 6.42 Å². The van der Waals surface area contributed by atoms with Crippen LogP contribution in [0.25, 0.3) is 0 Å². The molecule has 2 atom stereocenters. The highest BCUT2D eigenvalue weighted by atomic mass is 16.6. The number of esters is 1. The standard InChI is InChI=1S/C21H33N3O5/c1-7-28-19(26)16-9-8-12-24(16)18(25)15-11-10-14(22-15)17(13(2)3)23-20(27)29-21(4,5)6/h10-11,13,16-17,22H,7-9,12H2,1-6H3,(H,23,27)/t16-,17-/m0/s1. The highest BCUT2D eigenvalue weighted by molar-refractivity contribution is 5.95. The molecule has 2 amide bonds. The number of hydrogen-bond donors (Lipinski definition) is 2. The van der Waals surface area contributed by atoms with Gasteiger partial charge in [-0.2, -0.15) is 0 Å². The predicted octanol–water partition coefficient (Wildman–Crippen LogP) is 3.40. The highest BCUT2D eigenvalue weighted by Crippen LogP contribution is 2.25. The summed E-state index contributed by atoms with van der Waals surface area (Å²) in [6, 6.07) is 2.58. The molecule has 1 fully saturated rings. The Balaban J connectivity index is 2.13. The van der Waals surface area contributed by atoms with Crippen molar-refractivity contribution >= 4 is 18.0 Å². The molecule has 2 heterocycles. The summed E-state index contributed by atoms with van der Waals surface area (Å²) in [6.07, 6.45) is 0.852. The van der Waals surface area contributed by atoms with Gasteiger partial charge in [-0.05, 0) is 58.6 Å². The average Bonchev–Trinajstić information content (AvgIpc) is 3.27. The van der Waals surface area contributed by atoms with E-state index < -0.39 is 17.7 Å². The number of hydrogen-bond acceptors (Lipinski definition) is 5. The number of ether oxygens (including phenoxy) is 2. The molecular weight excluding hydrogens is 374 g/mol. The molecule has 8 heteroatoms. The lowest BCUT2D eigenvalue weighted by atomic mass is 10.0. The molecular formula is C21H33N3O5. The molecule has 1 aliphatic rings. The van der Waals surface area contributed by atoms with Crippen molar-refractivity contribution in [3.05, 3.63) is 23.5 Å². The van der Waals surface area contributed by atoms with Gasteiger partial charge in [0.05, 0.1) is 12.6 Å². The van der Waals surface area contributed by atoms with Crippen molar-refractivity contribution in [2.45, 2.75) is 72.1 Å². The lowest BCUT2D eigenvalue weighted by Gasteiger charge is -2.25. The molecule has 1 aromatic rings. The van der Waals surface area contributed by atoms with E-state index in [1.807, 2.05) is 13.8 Å². The Morgan fingerprint density at radius 3 is 2.55 bits per heavy atom. The predicted molar refractivity (Wildman–Crippen MR) is 108 cm³/mol. The normalized spacial score (nSPS) is 17.9. The van der Waals surface area contributed by atoms with Crippen LogP contribution in [0.3, 0.4) is 0 Å². The third-order valence-electron chi connectivity index (χ3n) is 4.69. The number of H-pyrrole nitrogens is 1. The van der Waals surface area contributed by atoms with Crippen LogP contribution in [0.4, 0.5) is 4.79 Å². The molecule has 0 spiro atoms. The number of aromatic nitrogens is 1. The Kier molecular flexibility index (Phi) is 7.32. The van der Waals surface area contributed by atoms with E-state index in [1.165, 1.54) is 0 Å². The van der Waals surface area contributed by atoms with Gasteiger partial charge in [-0.25, -0.2) is 9.59 Å². The third kappa shape index (κ3) is 5.98. The Bertz CT molecular complexity index is 735. The minimum absolute atomic E-state index is 0.0724. The first kappa shape index (κ1) is 22.8. The molecule has 0 bridgehead atoms. The molecule has 1 aliphatic heterocycles. The molecule has 8 nitrogen and oxygen atoms in total. The van der Waals surface area contributed by atoms with Crippen molar-refractivity contribution < 1.29 is 23.9 Å². The van der Waals surface area contributed by atoms with Gasteiger partial charge in [-0.15, -0.1) is 0 Å². The van der Waals surface area contributed by atoms with Crippen molar-refractivity contribution in [3.63, 3.8) is 0 Å². The second-order valence-corrected chi connectivity index (χ2v) is 8.60. The highest BCUT2D eigenvalue weighted by Gasteiger charge is 2.36. The van der Waals surface area contributed by atoms with Crippen LogP contribution in [0.5, 0.6) is 0 Å². The Hall–Kier alpha value is -2.51. The van der Waals surface area contributed by atoms with Crippen LogP contribution in [-0.4, -0.2) is 52.6 Å². The first-order chi connectivity index (χ1) is 13.5. The fraction of sp³-hybridized carbons (Fsp3) is 0.667. The maximum Gasteiger partial charge on any atom is 0.408 e. The minimum atomic E-state index is -0.597. The van der Waals surface area contributed by atoms with Crippen LogP contribution in [0.2, 0.25) is 0 Å². The molecule has 2 N–H and O–H groups in total. The van der Waals surface area contributed by atoms with Gasteiger partial charge in [0.15, 0.2) is 0 Å². The van der Waals surface area contributed by atoms with E-state index in [0.29, 0.717) is 24.4 Å². The molecule has 0 aromatic carbocycles. The Morgan fingerprint density at radius 2 is 1.97 bits per heavy atom. The zero-order chi connectivity index (χ0) is 21.8. The summed E-state index contributed by atoms with van der Waals surface area (Å²) in [6.45, 7) is 11.9. The summed E-state index contributed by atoms with van der Waals surface area (Å²) in [5, 5.41) is 2.86. The summed E-state index contributed by atoms with van der Waals surface area (Å²) >= 11 is 0. The van der Waals surface area contributed by atoms with Gasteiger partial charge in [-0.3, -0.25) is 4.79 Å². The van der Waals surface area contributed by atoms with Crippen molar-refractivity contribution in [1.29, 1.82) is 0 Å². The summed E-state index contributed by atoms with van der Waals surface area (Å²) in [5.74, 6) is -0.536. The first-order valence-corrected chi connectivity index (χ1v) is 10.2. The molecule has 2 rings (SSSR count). The van der Waals surface area contributed by atoms with Crippen molar-refractivity contribution in [3.8, 4) is 0 Å². The number of amides is 2. The lowest BCUT2D eigenvalue weighted by molar-refractivity contribution is -0.147. The second kappa shape index (κ2) is 9.33. The van der Waals surface area contributed by atoms with Crippen LogP contribution in [0.15, 0.2) is 12.1 Å². The Morgan fingerprint density at radius 1 is 1.28 bits per heavy atom. The second-order valence-electron chi connectivity index (χ2n) is 8.60. The summed E-state index contributed by atoms with van der Waals surface area (Å²) < 4.78 is 10.4. The van der Waals surface area contributed by atoms with Crippen LogP contribution in [-0.2, 0) is 14.3 Å². The number of rotatable bonds is 6. The monoisotopic (exact) mass is 407 g/mol. The number of nitrogens with zero attached hydrogens (tertiary/aromatic N) is 1. The van der Waals surface area contributed by atoms with Gasteiger partial charge in [-0.1, -0.05) is 13.8 Å². The zero-order valence-electron chi connectivity index (χ0n) is 18.2. The van der Waals surface area contributed by atoms with Gasteiger partial charge in [0.1, 0.15) is 17.3 Å². The molecule has 1 saturated heterocycles. The van der Waals surface area contributed by atoms with Crippen molar-refractivity contribution in [1.82, 2.24) is 15.2 Å². The smallest absolute Gasteiger partial charge is 0.408 e.